The Bertz CT molecular complexity index is 1720. The Kier molecular flexibility index (Phi) is 15.7. The van der Waals surface area contributed by atoms with E-state index >= 15 is 0 Å². The highest BCUT2D eigenvalue weighted by atomic mass is 32.2. The van der Waals surface area contributed by atoms with E-state index in [1.807, 2.05) is 20.8 Å². The zero-order chi connectivity index (χ0) is 37.7. The molecule has 0 heterocycles. The van der Waals surface area contributed by atoms with Crippen LogP contribution < -0.4 is 10.7 Å². The van der Waals surface area contributed by atoms with Crippen molar-refractivity contribution in [3.63, 3.8) is 0 Å². The summed E-state index contributed by atoms with van der Waals surface area (Å²) in [6.07, 6.45) is 1.14. The molecule has 3 amide bonds. The Morgan fingerprint density at radius 3 is 1.96 bits per heavy atom. The van der Waals surface area contributed by atoms with E-state index in [-0.39, 0.29) is 34.6 Å². The topological polar surface area (TPSA) is 139 Å². The Balaban J connectivity index is 2.03. The second-order valence-corrected chi connectivity index (χ2v) is 14.7. The SMILES string of the molecule is CCCCN(CC(O)C(Cc1cc(F)cc(F)c1)NC(=O)c1cc(C(=O)N(CCC)CCC)cc(S(=O)(=O)N(C)C)c1)NC(=O)c1ccccc1. The number of aliphatic hydroxyl groups excluding tert-OH is 1. The second kappa shape index (κ2) is 19.4. The number of hydrazine groups is 1. The Labute approximate surface area is 299 Å². The monoisotopic (exact) mass is 729 g/mol. The van der Waals surface area contributed by atoms with E-state index < -0.39 is 51.5 Å². The van der Waals surface area contributed by atoms with Crippen LogP contribution >= 0.6 is 0 Å². The van der Waals surface area contributed by atoms with Crippen LogP contribution in [0.25, 0.3) is 0 Å². The molecule has 0 radical (unpaired) electrons. The third kappa shape index (κ3) is 11.9. The van der Waals surface area contributed by atoms with E-state index in [4.69, 9.17) is 0 Å². The predicted octanol–water partition coefficient (Wildman–Crippen LogP) is 4.63. The summed E-state index contributed by atoms with van der Waals surface area (Å²) >= 11 is 0. The van der Waals surface area contributed by atoms with Crippen LogP contribution in [0.15, 0.2) is 71.6 Å². The first-order chi connectivity index (χ1) is 24.2. The van der Waals surface area contributed by atoms with Crippen molar-refractivity contribution in [3.8, 4) is 0 Å². The molecular weight excluding hydrogens is 680 g/mol. The van der Waals surface area contributed by atoms with Crippen LogP contribution in [0.5, 0.6) is 0 Å². The maximum Gasteiger partial charge on any atom is 0.265 e. The van der Waals surface area contributed by atoms with Gasteiger partial charge in [0.2, 0.25) is 10.0 Å². The normalized spacial score (nSPS) is 12.8. The second-order valence-electron chi connectivity index (χ2n) is 12.6. The standard InChI is InChI=1S/C37H49F2N5O6S/c1-6-9-17-44(41-36(47)27-13-11-10-12-14-27)25-34(45)33(20-26-18-30(38)24-31(39)19-26)40-35(46)28-21-29(37(48)43(15-7-2)16-8-3)23-32(22-28)51(49,50)42(4)5/h10-14,18-19,21-24,33-34,45H,6-9,15-17,20,25H2,1-5H3,(H,40,46)(H,41,47). The number of unbranched alkanes of at least 4 members (excludes halogenated alkanes) is 1. The molecule has 3 rings (SSSR count). The molecule has 3 aromatic rings. The number of halogens is 2. The lowest BCUT2D eigenvalue weighted by molar-refractivity contribution is 0.0446. The van der Waals surface area contributed by atoms with E-state index in [0.717, 1.165) is 28.9 Å². The van der Waals surface area contributed by atoms with Crippen LogP contribution in [-0.2, 0) is 16.4 Å². The number of carbonyl (C=O) groups is 3. The molecule has 0 aliphatic carbocycles. The molecule has 3 aromatic carbocycles. The number of aliphatic hydroxyl groups is 1. The summed E-state index contributed by atoms with van der Waals surface area (Å²) in [5, 5.41) is 15.8. The maximum absolute atomic E-state index is 14.2. The van der Waals surface area contributed by atoms with E-state index in [1.165, 1.54) is 31.2 Å². The number of sulfonamides is 1. The predicted molar refractivity (Wildman–Crippen MR) is 192 cm³/mol. The summed E-state index contributed by atoms with van der Waals surface area (Å²) in [5.41, 5.74) is 3.15. The first kappa shape index (κ1) is 41.2. The van der Waals surface area contributed by atoms with Gasteiger partial charge in [-0.2, -0.15) is 0 Å². The minimum Gasteiger partial charge on any atom is -0.390 e. The summed E-state index contributed by atoms with van der Waals surface area (Å²) in [5.74, 6) is -3.39. The van der Waals surface area contributed by atoms with Gasteiger partial charge in [-0.3, -0.25) is 19.8 Å². The summed E-state index contributed by atoms with van der Waals surface area (Å²) in [7, 11) is -1.44. The molecule has 0 saturated carbocycles. The van der Waals surface area contributed by atoms with E-state index in [0.29, 0.717) is 50.5 Å². The molecule has 14 heteroatoms. The van der Waals surface area contributed by atoms with Crippen molar-refractivity contribution in [1.82, 2.24) is 25.0 Å². The Morgan fingerprint density at radius 1 is 0.784 bits per heavy atom. The first-order valence-electron chi connectivity index (χ1n) is 17.1. The number of nitrogens with one attached hydrogen (secondary N) is 2. The lowest BCUT2D eigenvalue weighted by Gasteiger charge is -2.30. The van der Waals surface area contributed by atoms with Crippen molar-refractivity contribution in [1.29, 1.82) is 0 Å². The number of carbonyl (C=O) groups excluding carboxylic acids is 3. The number of rotatable bonds is 19. The minimum atomic E-state index is -4.10. The average Bonchev–Trinajstić information content (AvgIpc) is 3.09. The zero-order valence-corrected chi connectivity index (χ0v) is 30.7. The van der Waals surface area contributed by atoms with E-state index in [2.05, 4.69) is 10.7 Å². The van der Waals surface area contributed by atoms with Gasteiger partial charge in [0, 0.05) is 63.0 Å². The molecule has 0 bridgehead atoms. The van der Waals surface area contributed by atoms with Gasteiger partial charge < -0.3 is 15.3 Å². The van der Waals surface area contributed by atoms with E-state index in [9.17, 15) is 36.7 Å². The van der Waals surface area contributed by atoms with Crippen LogP contribution in [0, 0.1) is 11.6 Å². The van der Waals surface area contributed by atoms with Gasteiger partial charge in [-0.05, 0) is 73.7 Å². The minimum absolute atomic E-state index is 0.0105. The van der Waals surface area contributed by atoms with Crippen LogP contribution in [0.4, 0.5) is 8.78 Å². The van der Waals surface area contributed by atoms with Gasteiger partial charge in [0.15, 0.2) is 0 Å². The molecule has 51 heavy (non-hydrogen) atoms. The van der Waals surface area contributed by atoms with Crippen molar-refractivity contribution >= 4 is 27.7 Å². The quantitative estimate of drug-likeness (QED) is 0.153. The Hall–Kier alpha value is -4.24. The van der Waals surface area contributed by atoms with Gasteiger partial charge >= 0.3 is 0 Å². The third-order valence-electron chi connectivity index (χ3n) is 8.11. The number of nitrogens with zero attached hydrogens (tertiary/aromatic N) is 3. The van der Waals surface area contributed by atoms with Crippen LogP contribution in [0.3, 0.4) is 0 Å². The summed E-state index contributed by atoms with van der Waals surface area (Å²) in [4.78, 5) is 41.9. The highest BCUT2D eigenvalue weighted by Crippen LogP contribution is 2.21. The van der Waals surface area contributed by atoms with Crippen molar-refractivity contribution in [2.75, 3.05) is 40.3 Å². The van der Waals surface area contributed by atoms with Gasteiger partial charge in [0.1, 0.15) is 11.6 Å². The zero-order valence-electron chi connectivity index (χ0n) is 29.9. The number of hydrogen-bond donors (Lipinski definition) is 3. The smallest absolute Gasteiger partial charge is 0.265 e. The highest BCUT2D eigenvalue weighted by Gasteiger charge is 2.29. The van der Waals surface area contributed by atoms with Gasteiger partial charge in [0.25, 0.3) is 17.7 Å². The molecule has 278 valence electrons. The molecule has 0 aromatic heterocycles. The maximum atomic E-state index is 14.2. The lowest BCUT2D eigenvalue weighted by Crippen LogP contribution is -2.53. The van der Waals surface area contributed by atoms with Gasteiger partial charge in [-0.25, -0.2) is 26.5 Å². The van der Waals surface area contributed by atoms with E-state index in [1.54, 1.807) is 35.2 Å². The molecule has 3 N–H and O–H groups in total. The molecule has 2 atom stereocenters. The molecule has 2 unspecified atom stereocenters. The van der Waals surface area contributed by atoms with Crippen LogP contribution in [-0.4, -0.2) is 97.9 Å². The fourth-order valence-corrected chi connectivity index (χ4v) is 6.43. The van der Waals surface area contributed by atoms with Crippen molar-refractivity contribution in [2.45, 2.75) is 69.9 Å². The average molecular weight is 730 g/mol. The number of hydrogen-bond acceptors (Lipinski definition) is 7. The largest absolute Gasteiger partial charge is 0.390 e. The van der Waals surface area contributed by atoms with Crippen molar-refractivity contribution in [3.05, 3.63) is 101 Å². The molecule has 0 aliphatic heterocycles. The summed E-state index contributed by atoms with van der Waals surface area (Å²) < 4.78 is 55.9. The van der Waals surface area contributed by atoms with Crippen LogP contribution in [0.2, 0.25) is 0 Å². The van der Waals surface area contributed by atoms with Gasteiger partial charge in [-0.1, -0.05) is 45.4 Å². The van der Waals surface area contributed by atoms with Crippen LogP contribution in [0.1, 0.15) is 83.1 Å². The molecule has 0 aliphatic rings. The summed E-state index contributed by atoms with van der Waals surface area (Å²) in [6, 6.07) is 13.8. The fraction of sp³-hybridized carbons (Fsp3) is 0.432. The summed E-state index contributed by atoms with van der Waals surface area (Å²) in [6.45, 7) is 6.80. The molecule has 0 saturated heterocycles. The lowest BCUT2D eigenvalue weighted by atomic mass is 9.99. The van der Waals surface area contributed by atoms with Crippen molar-refractivity contribution < 1.29 is 36.7 Å². The van der Waals surface area contributed by atoms with Gasteiger partial charge in [-0.15, -0.1) is 0 Å². The first-order valence-corrected chi connectivity index (χ1v) is 18.6. The third-order valence-corrected chi connectivity index (χ3v) is 9.90. The highest BCUT2D eigenvalue weighted by molar-refractivity contribution is 7.89. The number of amides is 3. The molecule has 0 spiro atoms. The molecule has 11 nitrogen and oxygen atoms in total. The Morgan fingerprint density at radius 2 is 1.39 bits per heavy atom. The van der Waals surface area contributed by atoms with Gasteiger partial charge in [0.05, 0.1) is 17.0 Å². The molecule has 0 fully saturated rings. The number of benzene rings is 3. The fourth-order valence-electron chi connectivity index (χ4n) is 5.46. The van der Waals surface area contributed by atoms with Crippen molar-refractivity contribution in [2.24, 2.45) is 0 Å². The molecular formula is C37H49F2N5O6S.